The molecule has 2 aromatic heterocycles. The van der Waals surface area contributed by atoms with Crippen LogP contribution in [0.5, 0.6) is 0 Å². The van der Waals surface area contributed by atoms with E-state index in [4.69, 9.17) is 9.25 Å². The van der Waals surface area contributed by atoms with E-state index >= 15 is 0 Å². The van der Waals surface area contributed by atoms with Gasteiger partial charge in [0, 0.05) is 6.42 Å². The highest BCUT2D eigenvalue weighted by Crippen LogP contribution is 2.36. The number of halogens is 3. The van der Waals surface area contributed by atoms with Gasteiger partial charge in [0.25, 0.3) is 0 Å². The number of carbonyl (C=O) groups is 2. The lowest BCUT2D eigenvalue weighted by Gasteiger charge is -2.13. The molecule has 3 rings (SSSR count). The van der Waals surface area contributed by atoms with Gasteiger partial charge < -0.3 is 14.6 Å². The Morgan fingerprint density at radius 1 is 1.38 bits per heavy atom. The number of thiophene rings is 1. The van der Waals surface area contributed by atoms with Crippen LogP contribution in [0.25, 0.3) is 0 Å². The highest BCUT2D eigenvalue weighted by atomic mass is 32.1. The number of fused-ring (bicyclic) bond motifs is 1. The maximum atomic E-state index is 12.4. The Morgan fingerprint density at radius 2 is 2.17 bits per heavy atom. The van der Waals surface area contributed by atoms with Gasteiger partial charge in [0.1, 0.15) is 5.71 Å². The lowest BCUT2D eigenvalue weighted by Crippen LogP contribution is -2.38. The summed E-state index contributed by atoms with van der Waals surface area (Å²) in [5.74, 6) is -2.91. The van der Waals surface area contributed by atoms with Gasteiger partial charge in [-0.3, -0.25) is 4.79 Å². The zero-order valence-electron chi connectivity index (χ0n) is 11.8. The average Bonchev–Trinajstić information content (AvgIpc) is 3.23. The minimum atomic E-state index is -4.97. The number of nitrogens with zero attached hydrogens (tertiary/aromatic N) is 1. The van der Waals surface area contributed by atoms with Crippen molar-refractivity contribution in [3.8, 4) is 0 Å². The molecule has 2 aromatic rings. The summed E-state index contributed by atoms with van der Waals surface area (Å²) in [6, 6.07) is 3.61. The van der Waals surface area contributed by atoms with Gasteiger partial charge in [0.05, 0.1) is 17.2 Å². The van der Waals surface area contributed by atoms with Crippen molar-refractivity contribution in [3.05, 3.63) is 46.0 Å². The van der Waals surface area contributed by atoms with Crippen molar-refractivity contribution < 1.29 is 32.0 Å². The molecule has 0 bridgehead atoms. The molecule has 126 valence electrons. The van der Waals surface area contributed by atoms with Gasteiger partial charge in [0.15, 0.2) is 0 Å². The summed E-state index contributed by atoms with van der Waals surface area (Å²) in [4.78, 5) is 28.1. The van der Waals surface area contributed by atoms with Crippen molar-refractivity contribution in [3.63, 3.8) is 0 Å². The van der Waals surface area contributed by atoms with E-state index in [0.717, 1.165) is 0 Å². The minimum absolute atomic E-state index is 0.00470. The third-order valence-corrected chi connectivity index (χ3v) is 4.23. The molecule has 1 aliphatic rings. The fraction of sp³-hybridized carbons (Fsp3) is 0.214. The standard InChI is InChI=1S/C14H9F3N2O4S/c15-14(16,17)13(21)18-8-6-9(11-7(8)3-5-24-11)19-23-12(20)10-2-1-4-22-10/h1-5,8H,6H2,(H,18,21)/t8-/m1/s1. The zero-order chi connectivity index (χ0) is 17.3. The van der Waals surface area contributed by atoms with Crippen LogP contribution in [-0.2, 0) is 9.63 Å². The Balaban J connectivity index is 1.74. The van der Waals surface area contributed by atoms with Crippen LogP contribution in [0, 0.1) is 0 Å². The SMILES string of the molecule is O=C(ON=C1C[C@@H](NC(=O)C(F)(F)F)c2ccsc21)c1ccco1. The Morgan fingerprint density at radius 3 is 2.83 bits per heavy atom. The summed E-state index contributed by atoms with van der Waals surface area (Å²) in [6.45, 7) is 0. The summed E-state index contributed by atoms with van der Waals surface area (Å²) in [5, 5.41) is 7.26. The van der Waals surface area contributed by atoms with Gasteiger partial charge in [-0.1, -0.05) is 5.16 Å². The molecule has 24 heavy (non-hydrogen) atoms. The second-order valence-corrected chi connectivity index (χ2v) is 5.74. The lowest BCUT2D eigenvalue weighted by atomic mass is 10.2. The molecule has 0 unspecified atom stereocenters. The number of rotatable bonds is 3. The Labute approximate surface area is 136 Å². The molecule has 1 atom stereocenters. The molecule has 1 amide bonds. The van der Waals surface area contributed by atoms with Crippen molar-refractivity contribution in [2.24, 2.45) is 5.16 Å². The molecule has 2 heterocycles. The van der Waals surface area contributed by atoms with Crippen LogP contribution < -0.4 is 5.32 Å². The van der Waals surface area contributed by atoms with Gasteiger partial charge in [0.2, 0.25) is 5.76 Å². The first-order valence-corrected chi connectivity index (χ1v) is 7.51. The number of nitrogens with one attached hydrogen (secondary N) is 1. The quantitative estimate of drug-likeness (QED) is 0.676. The van der Waals surface area contributed by atoms with Crippen molar-refractivity contribution >= 4 is 28.9 Å². The number of alkyl halides is 3. The van der Waals surface area contributed by atoms with E-state index in [1.807, 2.05) is 5.32 Å². The molecule has 0 aromatic carbocycles. The molecule has 0 saturated carbocycles. The van der Waals surface area contributed by atoms with Gasteiger partial charge in [-0.2, -0.15) is 13.2 Å². The molecule has 0 saturated heterocycles. The van der Waals surface area contributed by atoms with Crippen LogP contribution in [0.2, 0.25) is 0 Å². The molecule has 0 fully saturated rings. The number of hydrogen-bond acceptors (Lipinski definition) is 6. The summed E-state index contributed by atoms with van der Waals surface area (Å²) >= 11 is 1.23. The highest BCUT2D eigenvalue weighted by molar-refractivity contribution is 7.12. The summed E-state index contributed by atoms with van der Waals surface area (Å²) < 4.78 is 42.0. The molecular formula is C14H9F3N2O4S. The van der Waals surface area contributed by atoms with Gasteiger partial charge >= 0.3 is 18.1 Å². The Bertz CT molecular complexity index is 795. The minimum Gasteiger partial charge on any atom is -0.457 e. The third kappa shape index (κ3) is 3.18. The molecule has 1 N–H and O–H groups in total. The maximum absolute atomic E-state index is 12.4. The first-order valence-electron chi connectivity index (χ1n) is 6.63. The normalized spacial score (nSPS) is 18.5. The number of oxime groups is 1. The number of amides is 1. The zero-order valence-corrected chi connectivity index (χ0v) is 12.6. The van der Waals surface area contributed by atoms with Gasteiger partial charge in [-0.25, -0.2) is 4.79 Å². The Hall–Kier alpha value is -2.62. The fourth-order valence-corrected chi connectivity index (χ4v) is 3.16. The summed E-state index contributed by atoms with van der Waals surface area (Å²) in [5.41, 5.74) is 0.790. The lowest BCUT2D eigenvalue weighted by molar-refractivity contribution is -0.174. The number of furan rings is 1. The Kier molecular flexibility index (Phi) is 4.14. The average molecular weight is 358 g/mol. The van der Waals surface area contributed by atoms with E-state index in [9.17, 15) is 22.8 Å². The first kappa shape index (κ1) is 16.2. The fourth-order valence-electron chi connectivity index (χ4n) is 2.21. The molecule has 0 radical (unpaired) electrons. The van der Waals surface area contributed by atoms with Crippen LogP contribution in [0.3, 0.4) is 0 Å². The third-order valence-electron chi connectivity index (χ3n) is 3.25. The van der Waals surface area contributed by atoms with Crippen LogP contribution in [0.1, 0.15) is 33.5 Å². The van der Waals surface area contributed by atoms with Crippen molar-refractivity contribution in [1.82, 2.24) is 5.32 Å². The van der Waals surface area contributed by atoms with Gasteiger partial charge in [-0.05, 0) is 29.1 Å². The predicted octanol–water partition coefficient (Wildman–Crippen LogP) is 3.03. The smallest absolute Gasteiger partial charge is 0.457 e. The second kappa shape index (κ2) is 6.11. The largest absolute Gasteiger partial charge is 0.471 e. The van der Waals surface area contributed by atoms with E-state index in [1.54, 1.807) is 11.4 Å². The van der Waals surface area contributed by atoms with E-state index in [-0.39, 0.29) is 17.9 Å². The molecule has 1 aliphatic carbocycles. The van der Waals surface area contributed by atoms with Gasteiger partial charge in [-0.15, -0.1) is 11.3 Å². The van der Waals surface area contributed by atoms with Crippen molar-refractivity contribution in [2.45, 2.75) is 18.6 Å². The van der Waals surface area contributed by atoms with E-state index < -0.39 is 24.1 Å². The number of hydrogen-bond donors (Lipinski definition) is 1. The summed E-state index contributed by atoms with van der Waals surface area (Å²) in [6.07, 6.45) is -3.68. The first-order chi connectivity index (χ1) is 11.4. The van der Waals surface area contributed by atoms with Crippen molar-refractivity contribution in [1.29, 1.82) is 0 Å². The predicted molar refractivity (Wildman–Crippen MR) is 76.5 cm³/mol. The number of carbonyl (C=O) groups excluding carboxylic acids is 2. The van der Waals surface area contributed by atoms with E-state index in [1.165, 1.54) is 29.7 Å². The molecule has 6 nitrogen and oxygen atoms in total. The monoisotopic (exact) mass is 358 g/mol. The van der Waals surface area contributed by atoms with Crippen LogP contribution in [0.15, 0.2) is 39.4 Å². The maximum Gasteiger partial charge on any atom is 0.471 e. The molecule has 0 spiro atoms. The molecular weight excluding hydrogens is 349 g/mol. The topological polar surface area (TPSA) is 80.9 Å². The van der Waals surface area contributed by atoms with Crippen molar-refractivity contribution in [2.75, 3.05) is 0 Å². The van der Waals surface area contributed by atoms with E-state index in [2.05, 4.69) is 5.16 Å². The second-order valence-electron chi connectivity index (χ2n) is 4.83. The van der Waals surface area contributed by atoms with E-state index in [0.29, 0.717) is 10.4 Å². The molecule has 0 aliphatic heterocycles. The molecule has 10 heteroatoms. The summed E-state index contributed by atoms with van der Waals surface area (Å²) in [7, 11) is 0. The van der Waals surface area contributed by atoms with Crippen LogP contribution >= 0.6 is 11.3 Å². The van der Waals surface area contributed by atoms with Crippen LogP contribution in [-0.4, -0.2) is 23.8 Å². The van der Waals surface area contributed by atoms with Crippen LogP contribution in [0.4, 0.5) is 13.2 Å². The highest BCUT2D eigenvalue weighted by Gasteiger charge is 2.42.